The zero-order valence-corrected chi connectivity index (χ0v) is 15.2. The molecule has 0 aliphatic carbocycles. The topological polar surface area (TPSA) is 41.6 Å². The van der Waals surface area contributed by atoms with E-state index in [4.69, 9.17) is 4.74 Å². The molecule has 1 N–H and O–H groups in total. The van der Waals surface area contributed by atoms with Crippen molar-refractivity contribution in [3.05, 3.63) is 70.2 Å². The highest BCUT2D eigenvalue weighted by atomic mass is 79.9. The number of hydrogen-bond acceptors (Lipinski definition) is 3. The molecule has 2 aromatic rings. The standard InChI is InChI=1S/C19H19BrN2O2/c1-3-19(23)22-17(13-8-10-14(20)11-9-13)12-16(21-22)15-6-4-5-7-18(15)24-2/h4-12,17,21H,3H2,1-2H3/t17-/m1/s1. The second-order valence-electron chi connectivity index (χ2n) is 5.51. The Morgan fingerprint density at radius 2 is 1.92 bits per heavy atom. The lowest BCUT2D eigenvalue weighted by Gasteiger charge is -2.25. The number of ether oxygens (including phenoxy) is 1. The van der Waals surface area contributed by atoms with Gasteiger partial charge in [-0.25, -0.2) is 5.01 Å². The predicted octanol–water partition coefficient (Wildman–Crippen LogP) is 4.30. The quantitative estimate of drug-likeness (QED) is 0.851. The van der Waals surface area contributed by atoms with Crippen LogP contribution in [0.5, 0.6) is 5.75 Å². The van der Waals surface area contributed by atoms with Gasteiger partial charge in [0, 0.05) is 16.5 Å². The lowest BCUT2D eigenvalue weighted by molar-refractivity contribution is -0.134. The van der Waals surface area contributed by atoms with E-state index >= 15 is 0 Å². The first-order valence-corrected chi connectivity index (χ1v) is 8.62. The van der Waals surface area contributed by atoms with Gasteiger partial charge in [-0.05, 0) is 35.9 Å². The molecule has 1 atom stereocenters. The van der Waals surface area contributed by atoms with Crippen LogP contribution >= 0.6 is 15.9 Å². The zero-order chi connectivity index (χ0) is 17.1. The lowest BCUT2D eigenvalue weighted by atomic mass is 10.0. The largest absolute Gasteiger partial charge is 0.496 e. The van der Waals surface area contributed by atoms with Crippen molar-refractivity contribution in [2.24, 2.45) is 0 Å². The predicted molar refractivity (Wildman–Crippen MR) is 98.1 cm³/mol. The van der Waals surface area contributed by atoms with E-state index < -0.39 is 0 Å². The molecule has 3 rings (SSSR count). The van der Waals surface area contributed by atoms with E-state index in [0.29, 0.717) is 6.42 Å². The van der Waals surface area contributed by atoms with Crippen LogP contribution in [0.15, 0.2) is 59.1 Å². The maximum Gasteiger partial charge on any atom is 0.241 e. The van der Waals surface area contributed by atoms with Gasteiger partial charge >= 0.3 is 0 Å². The molecule has 0 radical (unpaired) electrons. The third kappa shape index (κ3) is 3.17. The Labute approximate surface area is 150 Å². The van der Waals surface area contributed by atoms with Gasteiger partial charge in [-0.2, -0.15) is 0 Å². The normalized spacial score (nSPS) is 16.5. The number of benzene rings is 2. The van der Waals surface area contributed by atoms with E-state index in [-0.39, 0.29) is 11.9 Å². The van der Waals surface area contributed by atoms with E-state index in [1.54, 1.807) is 12.1 Å². The lowest BCUT2D eigenvalue weighted by Crippen LogP contribution is -2.39. The molecule has 24 heavy (non-hydrogen) atoms. The van der Waals surface area contributed by atoms with E-state index in [1.165, 1.54) is 0 Å². The number of rotatable bonds is 4. The second-order valence-corrected chi connectivity index (χ2v) is 6.42. The third-order valence-corrected chi connectivity index (χ3v) is 4.55. The molecular weight excluding hydrogens is 368 g/mol. The number of carbonyl (C=O) groups is 1. The van der Waals surface area contributed by atoms with Gasteiger partial charge in [0.05, 0.1) is 18.8 Å². The summed E-state index contributed by atoms with van der Waals surface area (Å²) in [6, 6.07) is 15.6. The van der Waals surface area contributed by atoms with Gasteiger partial charge in [-0.1, -0.05) is 47.1 Å². The highest BCUT2D eigenvalue weighted by molar-refractivity contribution is 9.10. The first-order chi connectivity index (χ1) is 11.6. The van der Waals surface area contributed by atoms with Crippen LogP contribution in [0.1, 0.15) is 30.5 Å². The van der Waals surface area contributed by atoms with Crippen LogP contribution in [0.2, 0.25) is 0 Å². The molecule has 0 saturated carbocycles. The average molecular weight is 387 g/mol. The molecule has 0 aromatic heterocycles. The Morgan fingerprint density at radius 1 is 1.21 bits per heavy atom. The van der Waals surface area contributed by atoms with Crippen LogP contribution in [0.25, 0.3) is 5.70 Å². The van der Waals surface area contributed by atoms with Crippen LogP contribution in [0.4, 0.5) is 0 Å². The molecule has 4 nitrogen and oxygen atoms in total. The fraction of sp³-hybridized carbons (Fsp3) is 0.211. The summed E-state index contributed by atoms with van der Waals surface area (Å²) < 4.78 is 6.46. The number of para-hydroxylation sites is 1. The summed E-state index contributed by atoms with van der Waals surface area (Å²) >= 11 is 3.45. The first kappa shape index (κ1) is 16.6. The zero-order valence-electron chi connectivity index (χ0n) is 13.6. The molecular formula is C19H19BrN2O2. The van der Waals surface area contributed by atoms with Crippen molar-refractivity contribution in [1.82, 2.24) is 10.4 Å². The number of halogens is 1. The molecule has 2 aromatic carbocycles. The van der Waals surface area contributed by atoms with Crippen LogP contribution in [0, 0.1) is 0 Å². The SMILES string of the molecule is CCC(=O)N1NC(c2ccccc2OC)=C[C@@H]1c1ccc(Br)cc1. The average Bonchev–Trinajstić information content (AvgIpc) is 3.06. The van der Waals surface area contributed by atoms with Gasteiger partial charge in [0.1, 0.15) is 5.75 Å². The fourth-order valence-corrected chi connectivity index (χ4v) is 3.04. The second kappa shape index (κ2) is 7.09. The summed E-state index contributed by atoms with van der Waals surface area (Å²) in [6.07, 6.45) is 2.50. The van der Waals surface area contributed by atoms with Crippen molar-refractivity contribution in [1.29, 1.82) is 0 Å². The number of hydrogen-bond donors (Lipinski definition) is 1. The third-order valence-electron chi connectivity index (χ3n) is 4.02. The number of nitrogens with zero attached hydrogens (tertiary/aromatic N) is 1. The van der Waals surface area contributed by atoms with Crippen molar-refractivity contribution in [2.45, 2.75) is 19.4 Å². The Bertz CT molecular complexity index is 771. The van der Waals surface area contributed by atoms with Crippen LogP contribution in [-0.2, 0) is 4.79 Å². The van der Waals surface area contributed by atoms with Gasteiger partial charge in [0.2, 0.25) is 5.91 Å². The molecule has 1 aliphatic heterocycles. The molecule has 0 spiro atoms. The molecule has 1 heterocycles. The Kier molecular flexibility index (Phi) is 4.90. The maximum absolute atomic E-state index is 12.4. The molecule has 5 heteroatoms. The van der Waals surface area contributed by atoms with Crippen molar-refractivity contribution < 1.29 is 9.53 Å². The van der Waals surface area contributed by atoms with Crippen LogP contribution in [-0.4, -0.2) is 18.0 Å². The number of carbonyl (C=O) groups excluding carboxylic acids is 1. The van der Waals surface area contributed by atoms with Crippen molar-refractivity contribution in [3.63, 3.8) is 0 Å². The summed E-state index contributed by atoms with van der Waals surface area (Å²) in [4.78, 5) is 12.4. The molecule has 0 saturated heterocycles. The van der Waals surface area contributed by atoms with Gasteiger partial charge in [0.15, 0.2) is 0 Å². The van der Waals surface area contributed by atoms with E-state index in [2.05, 4.69) is 27.4 Å². The molecule has 1 amide bonds. The smallest absolute Gasteiger partial charge is 0.241 e. The van der Waals surface area contributed by atoms with Crippen molar-refractivity contribution in [2.75, 3.05) is 7.11 Å². The number of nitrogens with one attached hydrogen (secondary N) is 1. The van der Waals surface area contributed by atoms with Crippen molar-refractivity contribution >= 4 is 27.5 Å². The van der Waals surface area contributed by atoms with Crippen LogP contribution in [0.3, 0.4) is 0 Å². The summed E-state index contributed by atoms with van der Waals surface area (Å²) in [7, 11) is 1.65. The minimum atomic E-state index is -0.148. The number of amides is 1. The van der Waals surface area contributed by atoms with Crippen LogP contribution < -0.4 is 10.2 Å². The van der Waals surface area contributed by atoms with Gasteiger partial charge in [-0.3, -0.25) is 10.2 Å². The van der Waals surface area contributed by atoms with E-state index in [0.717, 1.165) is 27.0 Å². The molecule has 1 aliphatic rings. The fourth-order valence-electron chi connectivity index (χ4n) is 2.78. The van der Waals surface area contributed by atoms with Gasteiger partial charge < -0.3 is 4.74 Å². The van der Waals surface area contributed by atoms with E-state index in [1.807, 2.05) is 55.5 Å². The van der Waals surface area contributed by atoms with Gasteiger partial charge in [-0.15, -0.1) is 0 Å². The summed E-state index contributed by atoms with van der Waals surface area (Å²) in [5.41, 5.74) is 6.12. The minimum Gasteiger partial charge on any atom is -0.496 e. The molecule has 0 fully saturated rings. The first-order valence-electron chi connectivity index (χ1n) is 7.83. The summed E-state index contributed by atoms with van der Waals surface area (Å²) in [6.45, 7) is 1.86. The highest BCUT2D eigenvalue weighted by Gasteiger charge is 2.30. The Hall–Kier alpha value is -2.27. The minimum absolute atomic E-state index is 0.0454. The Balaban J connectivity index is 2.01. The number of hydrazine groups is 1. The molecule has 124 valence electrons. The maximum atomic E-state index is 12.4. The molecule has 0 unspecified atom stereocenters. The monoisotopic (exact) mass is 386 g/mol. The summed E-state index contributed by atoms with van der Waals surface area (Å²) in [5.74, 6) is 0.820. The Morgan fingerprint density at radius 3 is 2.58 bits per heavy atom. The van der Waals surface area contributed by atoms with E-state index in [9.17, 15) is 4.79 Å². The van der Waals surface area contributed by atoms with Gasteiger partial charge in [0.25, 0.3) is 0 Å². The summed E-state index contributed by atoms with van der Waals surface area (Å²) in [5, 5.41) is 1.69. The van der Waals surface area contributed by atoms with Crippen molar-refractivity contribution in [3.8, 4) is 5.75 Å². The number of methoxy groups -OCH3 is 1. The molecule has 0 bridgehead atoms. The highest BCUT2D eigenvalue weighted by Crippen LogP contribution is 2.35.